The van der Waals surface area contributed by atoms with Gasteiger partial charge in [-0.05, 0) is 64.5 Å². The van der Waals surface area contributed by atoms with Crippen molar-refractivity contribution in [1.29, 1.82) is 0 Å². The third-order valence-corrected chi connectivity index (χ3v) is 6.83. The van der Waals surface area contributed by atoms with Crippen molar-refractivity contribution in [2.75, 3.05) is 27.2 Å². The minimum Gasteiger partial charge on any atom is -0.464 e. The van der Waals surface area contributed by atoms with E-state index < -0.39 is 0 Å². The molecule has 2 rings (SSSR count). The lowest BCUT2D eigenvalue weighted by atomic mass is 9.85. The van der Waals surface area contributed by atoms with Crippen LogP contribution in [0.1, 0.15) is 84.0 Å². The van der Waals surface area contributed by atoms with Crippen molar-refractivity contribution < 1.29 is 24.5 Å². The molecule has 176 valence electrons. The molecule has 1 aliphatic heterocycles. The van der Waals surface area contributed by atoms with E-state index in [0.717, 1.165) is 64.3 Å². The van der Waals surface area contributed by atoms with E-state index in [1.807, 2.05) is 19.0 Å². The van der Waals surface area contributed by atoms with Gasteiger partial charge >= 0.3 is 5.97 Å². The second kappa shape index (κ2) is 13.7. The first-order valence-corrected chi connectivity index (χ1v) is 12.2. The molecule has 30 heavy (non-hydrogen) atoms. The Morgan fingerprint density at radius 1 is 1.13 bits per heavy atom. The molecule has 0 amide bonds. The van der Waals surface area contributed by atoms with Gasteiger partial charge in [0.25, 0.3) is 0 Å². The normalized spacial score (nSPS) is 29.3. The Bertz CT molecular complexity index is 486. The van der Waals surface area contributed by atoms with E-state index in [4.69, 9.17) is 9.47 Å². The van der Waals surface area contributed by atoms with Crippen molar-refractivity contribution in [2.45, 2.75) is 108 Å². The Morgan fingerprint density at radius 2 is 1.93 bits per heavy atom. The zero-order valence-corrected chi connectivity index (χ0v) is 19.4. The molecule has 1 aliphatic carbocycles. The molecule has 0 bridgehead atoms. The molecule has 0 aromatic heterocycles. The maximum Gasteiger partial charge on any atom is 0.305 e. The molecule has 1 saturated carbocycles. The summed E-state index contributed by atoms with van der Waals surface area (Å²) >= 11 is 0. The Balaban J connectivity index is 1.61. The van der Waals surface area contributed by atoms with Crippen LogP contribution in [0.4, 0.5) is 0 Å². The Hall–Kier alpha value is -0.690. The van der Waals surface area contributed by atoms with Crippen molar-refractivity contribution >= 4 is 5.97 Å². The van der Waals surface area contributed by atoms with Gasteiger partial charge in [0.1, 0.15) is 6.61 Å². The monoisotopic (exact) mass is 427 g/mol. The van der Waals surface area contributed by atoms with Crippen LogP contribution in [0.25, 0.3) is 0 Å². The average molecular weight is 428 g/mol. The van der Waals surface area contributed by atoms with Crippen molar-refractivity contribution in [3.8, 4) is 0 Å². The summed E-state index contributed by atoms with van der Waals surface area (Å²) in [5, 5.41) is 20.7. The van der Waals surface area contributed by atoms with Crippen molar-refractivity contribution in [2.24, 2.45) is 11.8 Å². The molecule has 0 aromatic carbocycles. The van der Waals surface area contributed by atoms with Gasteiger partial charge in [0.05, 0.1) is 24.4 Å². The van der Waals surface area contributed by atoms with Gasteiger partial charge in [-0.15, -0.1) is 0 Å². The van der Waals surface area contributed by atoms with Crippen LogP contribution < -0.4 is 0 Å². The van der Waals surface area contributed by atoms with E-state index in [9.17, 15) is 15.0 Å². The zero-order chi connectivity index (χ0) is 21.9. The topological polar surface area (TPSA) is 79.2 Å². The molecular formula is C24H45NO5. The number of carbonyl (C=O) groups is 1. The average Bonchev–Trinajstić information content (AvgIpc) is 3.20. The Labute approximate surface area is 183 Å². The second-order valence-electron chi connectivity index (χ2n) is 9.66. The van der Waals surface area contributed by atoms with E-state index in [-0.39, 0.29) is 36.3 Å². The fourth-order valence-electron chi connectivity index (χ4n) is 5.05. The minimum absolute atomic E-state index is 0.109. The number of esters is 1. The van der Waals surface area contributed by atoms with Crippen molar-refractivity contribution in [3.05, 3.63) is 0 Å². The summed E-state index contributed by atoms with van der Waals surface area (Å²) in [6.07, 6.45) is 10.9. The predicted molar refractivity (Wildman–Crippen MR) is 118 cm³/mol. The van der Waals surface area contributed by atoms with Gasteiger partial charge in [-0.3, -0.25) is 4.79 Å². The number of rotatable bonds is 15. The van der Waals surface area contributed by atoms with Crippen LogP contribution in [0, 0.1) is 11.8 Å². The first-order valence-electron chi connectivity index (χ1n) is 12.2. The molecule has 2 N–H and O–H groups in total. The summed E-state index contributed by atoms with van der Waals surface area (Å²) in [5.74, 6) is 0.568. The maximum absolute atomic E-state index is 11.7. The van der Waals surface area contributed by atoms with Gasteiger partial charge < -0.3 is 24.6 Å². The van der Waals surface area contributed by atoms with E-state index in [0.29, 0.717) is 18.9 Å². The summed E-state index contributed by atoms with van der Waals surface area (Å²) < 4.78 is 11.5. The largest absolute Gasteiger partial charge is 0.464 e. The lowest BCUT2D eigenvalue weighted by molar-refractivity contribution is -0.144. The summed E-state index contributed by atoms with van der Waals surface area (Å²) in [7, 11) is 3.92. The number of nitrogens with zero attached hydrogens (tertiary/aromatic N) is 1. The lowest BCUT2D eigenvalue weighted by Crippen LogP contribution is -2.22. The SMILES string of the molecule is CCCCC[C@H](O)CCC1C(O)C[C@@H]2O[C@H](CCCCC(=O)OCCN(C)C)C[C@H]12. The van der Waals surface area contributed by atoms with Crippen molar-refractivity contribution in [3.63, 3.8) is 0 Å². The molecule has 2 unspecified atom stereocenters. The number of hydrogen-bond acceptors (Lipinski definition) is 6. The molecule has 0 spiro atoms. The molecule has 6 atom stereocenters. The van der Waals surface area contributed by atoms with Crippen LogP contribution in [0.15, 0.2) is 0 Å². The summed E-state index contributed by atoms with van der Waals surface area (Å²) in [6, 6.07) is 0. The van der Waals surface area contributed by atoms with Crippen LogP contribution >= 0.6 is 0 Å². The smallest absolute Gasteiger partial charge is 0.305 e. The third-order valence-electron chi connectivity index (χ3n) is 6.83. The first-order chi connectivity index (χ1) is 14.4. The molecule has 0 aromatic rings. The van der Waals surface area contributed by atoms with Crippen LogP contribution in [-0.4, -0.2) is 72.7 Å². The maximum atomic E-state index is 11.7. The van der Waals surface area contributed by atoms with E-state index >= 15 is 0 Å². The standard InChI is InChI=1S/C24H45NO5/c1-4-5-6-9-18(26)12-13-20-21-16-19(30-23(21)17-22(20)27)10-7-8-11-24(28)29-15-14-25(2)3/h18-23,26-27H,4-17H2,1-3H3/t18-,19+,20?,21+,22?,23-/m0/s1. The number of likely N-dealkylation sites (N-methyl/N-ethyl adjacent to an activating group) is 1. The number of aliphatic hydroxyl groups excluding tert-OH is 2. The summed E-state index contributed by atoms with van der Waals surface area (Å²) in [6.45, 7) is 3.39. The fraction of sp³-hybridized carbons (Fsp3) is 0.958. The Morgan fingerprint density at radius 3 is 2.67 bits per heavy atom. The molecule has 2 fully saturated rings. The highest BCUT2D eigenvalue weighted by atomic mass is 16.5. The number of unbranched alkanes of at least 4 members (excludes halogenated alkanes) is 3. The third kappa shape index (κ3) is 8.81. The van der Waals surface area contributed by atoms with Gasteiger partial charge in [-0.1, -0.05) is 32.6 Å². The minimum atomic E-state index is -0.291. The van der Waals surface area contributed by atoms with Crippen molar-refractivity contribution in [1.82, 2.24) is 4.90 Å². The zero-order valence-electron chi connectivity index (χ0n) is 19.4. The summed E-state index contributed by atoms with van der Waals surface area (Å²) in [4.78, 5) is 13.7. The van der Waals surface area contributed by atoms with Gasteiger partial charge in [0.2, 0.25) is 0 Å². The first kappa shape index (κ1) is 25.6. The lowest BCUT2D eigenvalue weighted by Gasteiger charge is -2.22. The number of fused-ring (bicyclic) bond motifs is 1. The van der Waals surface area contributed by atoms with Crippen LogP contribution in [0.5, 0.6) is 0 Å². The van der Waals surface area contributed by atoms with Crippen LogP contribution in [0.3, 0.4) is 0 Å². The predicted octanol–water partition coefficient (Wildman–Crippen LogP) is 3.53. The summed E-state index contributed by atoms with van der Waals surface area (Å²) in [5.41, 5.74) is 0. The quantitative estimate of drug-likeness (QED) is 0.307. The molecular weight excluding hydrogens is 382 g/mol. The molecule has 0 radical (unpaired) electrons. The van der Waals surface area contributed by atoms with Gasteiger partial charge in [-0.2, -0.15) is 0 Å². The van der Waals surface area contributed by atoms with Gasteiger partial charge in [0.15, 0.2) is 0 Å². The van der Waals surface area contributed by atoms with E-state index in [1.54, 1.807) is 0 Å². The van der Waals surface area contributed by atoms with E-state index in [2.05, 4.69) is 6.92 Å². The fourth-order valence-corrected chi connectivity index (χ4v) is 5.05. The van der Waals surface area contributed by atoms with E-state index in [1.165, 1.54) is 12.8 Å². The number of hydrogen-bond donors (Lipinski definition) is 2. The van der Waals surface area contributed by atoms with Crippen LogP contribution in [-0.2, 0) is 14.3 Å². The highest BCUT2D eigenvalue weighted by Gasteiger charge is 2.48. The highest BCUT2D eigenvalue weighted by Crippen LogP contribution is 2.46. The van der Waals surface area contributed by atoms with Gasteiger partial charge in [0, 0.05) is 19.4 Å². The number of aliphatic hydroxyl groups is 2. The number of ether oxygens (including phenoxy) is 2. The molecule has 1 heterocycles. The molecule has 1 saturated heterocycles. The number of carbonyl (C=O) groups excluding carboxylic acids is 1. The molecule has 2 aliphatic rings. The molecule has 6 heteroatoms. The second-order valence-corrected chi connectivity index (χ2v) is 9.66. The Kier molecular flexibility index (Phi) is 11.6. The molecule has 6 nitrogen and oxygen atoms in total. The van der Waals surface area contributed by atoms with Gasteiger partial charge in [-0.25, -0.2) is 0 Å². The van der Waals surface area contributed by atoms with Crippen LogP contribution in [0.2, 0.25) is 0 Å². The highest BCUT2D eigenvalue weighted by molar-refractivity contribution is 5.69.